The summed E-state index contributed by atoms with van der Waals surface area (Å²) < 4.78 is 11.6. The summed E-state index contributed by atoms with van der Waals surface area (Å²) in [6.45, 7) is 14.4. The van der Waals surface area contributed by atoms with Crippen molar-refractivity contribution < 1.29 is 14.0 Å². The van der Waals surface area contributed by atoms with Crippen LogP contribution in [-0.4, -0.2) is 34.0 Å². The van der Waals surface area contributed by atoms with E-state index in [4.69, 9.17) is 9.16 Å². The van der Waals surface area contributed by atoms with Gasteiger partial charge in [-0.1, -0.05) is 58.0 Å². The molecule has 0 heterocycles. The maximum Gasteiger partial charge on any atom is 0.312 e. The second-order valence-corrected chi connectivity index (χ2v) is 12.8. The molecule has 1 aromatic carbocycles. The molecule has 25 heavy (non-hydrogen) atoms. The standard InChI is InChI=1S/C20H35NO3Si/c1-8-18(24-25(6,7)20(2,3)4)17(19(22)23-5)15-21-14-16-12-10-9-11-13-16/h9-13,17-18,21H,8,14-15H2,1-7H3/t17-,18+/m0/s1. The highest BCUT2D eigenvalue weighted by Gasteiger charge is 2.41. The van der Waals surface area contributed by atoms with Crippen molar-refractivity contribution in [1.82, 2.24) is 5.32 Å². The molecule has 0 radical (unpaired) electrons. The summed E-state index contributed by atoms with van der Waals surface area (Å²) in [4.78, 5) is 12.4. The summed E-state index contributed by atoms with van der Waals surface area (Å²) >= 11 is 0. The van der Waals surface area contributed by atoms with Crippen LogP contribution in [0, 0.1) is 5.92 Å². The van der Waals surface area contributed by atoms with Gasteiger partial charge in [-0.2, -0.15) is 0 Å². The van der Waals surface area contributed by atoms with Crippen LogP contribution in [0.1, 0.15) is 39.7 Å². The van der Waals surface area contributed by atoms with Crippen LogP contribution in [-0.2, 0) is 20.5 Å². The number of hydrogen-bond acceptors (Lipinski definition) is 4. The SMILES string of the molecule is CC[C@@H](O[Si](C)(C)C(C)(C)C)[C@H](CNCc1ccccc1)C(=O)OC. The molecule has 0 fully saturated rings. The van der Waals surface area contributed by atoms with Crippen LogP contribution < -0.4 is 5.32 Å². The Morgan fingerprint density at radius 1 is 1.20 bits per heavy atom. The molecule has 0 spiro atoms. The number of carbonyl (C=O) groups excluding carboxylic acids is 1. The molecule has 5 heteroatoms. The van der Waals surface area contributed by atoms with Crippen molar-refractivity contribution in [2.75, 3.05) is 13.7 Å². The third-order valence-corrected chi connectivity index (χ3v) is 9.65. The first-order chi connectivity index (χ1) is 11.6. The van der Waals surface area contributed by atoms with Crippen molar-refractivity contribution in [3.8, 4) is 0 Å². The Morgan fingerprint density at radius 3 is 2.28 bits per heavy atom. The van der Waals surface area contributed by atoms with Gasteiger partial charge in [0.1, 0.15) is 0 Å². The van der Waals surface area contributed by atoms with Crippen molar-refractivity contribution in [3.05, 3.63) is 35.9 Å². The summed E-state index contributed by atoms with van der Waals surface area (Å²) in [5.41, 5.74) is 1.20. The molecular formula is C20H35NO3Si. The first-order valence-corrected chi connectivity index (χ1v) is 12.0. The van der Waals surface area contributed by atoms with Gasteiger partial charge >= 0.3 is 5.97 Å². The molecule has 0 saturated carbocycles. The van der Waals surface area contributed by atoms with E-state index >= 15 is 0 Å². The molecule has 0 aromatic heterocycles. The van der Waals surface area contributed by atoms with E-state index in [1.165, 1.54) is 12.7 Å². The summed E-state index contributed by atoms with van der Waals surface area (Å²) in [5.74, 6) is -0.501. The lowest BCUT2D eigenvalue weighted by Gasteiger charge is -2.40. The van der Waals surface area contributed by atoms with Crippen LogP contribution in [0.25, 0.3) is 0 Å². The highest BCUT2D eigenvalue weighted by molar-refractivity contribution is 6.74. The largest absolute Gasteiger partial charge is 0.469 e. The third-order valence-electron chi connectivity index (χ3n) is 5.14. The number of carbonyl (C=O) groups is 1. The average Bonchev–Trinajstić information content (AvgIpc) is 2.56. The first kappa shape index (κ1) is 21.9. The van der Waals surface area contributed by atoms with E-state index in [0.717, 1.165) is 13.0 Å². The van der Waals surface area contributed by atoms with Crippen molar-refractivity contribution in [2.45, 2.75) is 64.9 Å². The van der Waals surface area contributed by atoms with Crippen molar-refractivity contribution >= 4 is 14.3 Å². The quantitative estimate of drug-likeness (QED) is 0.521. The fourth-order valence-electron chi connectivity index (χ4n) is 2.49. The highest BCUT2D eigenvalue weighted by atomic mass is 28.4. The zero-order valence-corrected chi connectivity index (χ0v) is 17.9. The zero-order chi connectivity index (χ0) is 19.1. The third kappa shape index (κ3) is 6.57. The lowest BCUT2D eigenvalue weighted by molar-refractivity contribution is -0.148. The van der Waals surface area contributed by atoms with Crippen LogP contribution >= 0.6 is 0 Å². The molecule has 0 unspecified atom stereocenters. The lowest BCUT2D eigenvalue weighted by atomic mass is 10.0. The molecular weight excluding hydrogens is 330 g/mol. The minimum atomic E-state index is -1.95. The van der Waals surface area contributed by atoms with Gasteiger partial charge in [0.05, 0.1) is 19.1 Å². The second kappa shape index (κ2) is 9.50. The number of esters is 1. The topological polar surface area (TPSA) is 47.6 Å². The van der Waals surface area contributed by atoms with Crippen molar-refractivity contribution in [2.24, 2.45) is 5.92 Å². The van der Waals surface area contributed by atoms with Crippen LogP contribution in [0.15, 0.2) is 30.3 Å². The highest BCUT2D eigenvalue weighted by Crippen LogP contribution is 2.38. The van der Waals surface area contributed by atoms with Crippen LogP contribution in [0.5, 0.6) is 0 Å². The van der Waals surface area contributed by atoms with E-state index in [1.54, 1.807) is 0 Å². The Hall–Kier alpha value is -1.17. The predicted molar refractivity (Wildman–Crippen MR) is 106 cm³/mol. The maximum absolute atomic E-state index is 12.4. The average molecular weight is 366 g/mol. The molecule has 0 aliphatic rings. The van der Waals surface area contributed by atoms with Gasteiger partial charge in [-0.3, -0.25) is 4.79 Å². The van der Waals surface area contributed by atoms with Crippen molar-refractivity contribution in [3.63, 3.8) is 0 Å². The summed E-state index contributed by atoms with van der Waals surface area (Å²) in [5, 5.41) is 3.50. The summed E-state index contributed by atoms with van der Waals surface area (Å²) in [6, 6.07) is 10.2. The molecule has 0 aliphatic heterocycles. The Kier molecular flexibility index (Phi) is 8.31. The molecule has 0 saturated heterocycles. The molecule has 1 rings (SSSR count). The molecule has 1 N–H and O–H groups in total. The van der Waals surface area contributed by atoms with E-state index < -0.39 is 8.32 Å². The van der Waals surface area contributed by atoms with Gasteiger partial charge in [0, 0.05) is 13.1 Å². The van der Waals surface area contributed by atoms with Gasteiger partial charge in [0.15, 0.2) is 8.32 Å². The Balaban J connectivity index is 2.79. The fourth-order valence-corrected chi connectivity index (χ4v) is 3.93. The lowest BCUT2D eigenvalue weighted by Crippen LogP contribution is -2.49. The van der Waals surface area contributed by atoms with Gasteiger partial charge in [-0.15, -0.1) is 0 Å². The van der Waals surface area contributed by atoms with E-state index in [2.05, 4.69) is 58.2 Å². The molecule has 1 aromatic rings. The van der Waals surface area contributed by atoms with Gasteiger partial charge in [-0.25, -0.2) is 0 Å². The van der Waals surface area contributed by atoms with Crippen LogP contribution in [0.3, 0.4) is 0 Å². The minimum Gasteiger partial charge on any atom is -0.469 e. The van der Waals surface area contributed by atoms with E-state index in [-0.39, 0.29) is 23.0 Å². The van der Waals surface area contributed by atoms with E-state index in [9.17, 15) is 4.79 Å². The zero-order valence-electron chi connectivity index (χ0n) is 16.9. The van der Waals surface area contributed by atoms with Crippen LogP contribution in [0.2, 0.25) is 18.1 Å². The van der Waals surface area contributed by atoms with Gasteiger partial charge in [0.25, 0.3) is 0 Å². The van der Waals surface area contributed by atoms with E-state index in [0.29, 0.717) is 6.54 Å². The number of ether oxygens (including phenoxy) is 1. The smallest absolute Gasteiger partial charge is 0.312 e. The number of rotatable bonds is 9. The van der Waals surface area contributed by atoms with Gasteiger partial charge < -0.3 is 14.5 Å². The molecule has 0 bridgehead atoms. The number of hydrogen-bond donors (Lipinski definition) is 1. The number of methoxy groups -OCH3 is 1. The van der Waals surface area contributed by atoms with Gasteiger partial charge in [0.2, 0.25) is 0 Å². The van der Waals surface area contributed by atoms with Gasteiger partial charge in [-0.05, 0) is 30.1 Å². The normalized spacial score (nSPS) is 14.8. The molecule has 0 aliphatic carbocycles. The molecule has 0 amide bonds. The predicted octanol–water partition coefficient (Wildman–Crippen LogP) is 4.37. The monoisotopic (exact) mass is 365 g/mol. The number of nitrogens with one attached hydrogen (secondary N) is 1. The first-order valence-electron chi connectivity index (χ1n) is 9.12. The second-order valence-electron chi connectivity index (χ2n) is 8.07. The van der Waals surface area contributed by atoms with Crippen LogP contribution in [0.4, 0.5) is 0 Å². The fraction of sp³-hybridized carbons (Fsp3) is 0.650. The maximum atomic E-state index is 12.4. The summed E-state index contributed by atoms with van der Waals surface area (Å²) in [7, 11) is -0.499. The Labute approximate surface area is 154 Å². The molecule has 142 valence electrons. The summed E-state index contributed by atoms with van der Waals surface area (Å²) in [6.07, 6.45) is 0.663. The van der Waals surface area contributed by atoms with Crippen molar-refractivity contribution in [1.29, 1.82) is 0 Å². The molecule has 4 nitrogen and oxygen atoms in total. The molecule has 2 atom stereocenters. The van der Waals surface area contributed by atoms with E-state index in [1.807, 2.05) is 18.2 Å². The Morgan fingerprint density at radius 2 is 1.80 bits per heavy atom. The Bertz CT molecular complexity index is 525. The number of benzene rings is 1. The minimum absolute atomic E-state index is 0.110.